The minimum atomic E-state index is 0.798. The first-order valence-electron chi connectivity index (χ1n) is 7.58. The Kier molecular flexibility index (Phi) is 6.09. The summed E-state index contributed by atoms with van der Waals surface area (Å²) in [4.78, 5) is 2.30. The predicted octanol–water partition coefficient (Wildman–Crippen LogP) is 5.00. The van der Waals surface area contributed by atoms with Crippen molar-refractivity contribution in [3.8, 4) is 0 Å². The lowest BCUT2D eigenvalue weighted by Crippen LogP contribution is -2.21. The molecule has 0 aliphatic heterocycles. The van der Waals surface area contributed by atoms with Gasteiger partial charge in [0.25, 0.3) is 0 Å². The van der Waals surface area contributed by atoms with Crippen molar-refractivity contribution in [1.82, 2.24) is 5.32 Å². The maximum Gasteiger partial charge on any atom is 0.0471 e. The van der Waals surface area contributed by atoms with Gasteiger partial charge in [0.1, 0.15) is 0 Å². The molecule has 1 N–H and O–H groups in total. The Balaban J connectivity index is 2.34. The van der Waals surface area contributed by atoms with E-state index in [9.17, 15) is 0 Å². The third-order valence-electron chi connectivity index (χ3n) is 3.50. The molecule has 3 heteroatoms. The van der Waals surface area contributed by atoms with E-state index in [1.165, 1.54) is 16.9 Å². The lowest BCUT2D eigenvalue weighted by atomic mass is 10.1. The molecule has 0 fully saturated rings. The van der Waals surface area contributed by atoms with Crippen molar-refractivity contribution in [2.45, 2.75) is 26.8 Å². The highest BCUT2D eigenvalue weighted by atomic mass is 35.5. The molecular weight excluding hydrogens is 280 g/mol. The second kappa shape index (κ2) is 8.06. The number of halogens is 1. The summed E-state index contributed by atoms with van der Waals surface area (Å²) in [5.74, 6) is 0. The summed E-state index contributed by atoms with van der Waals surface area (Å²) in [5.41, 5.74) is 3.54. The van der Waals surface area contributed by atoms with Gasteiger partial charge in [-0.25, -0.2) is 0 Å². The van der Waals surface area contributed by atoms with Crippen LogP contribution in [-0.4, -0.2) is 13.1 Å². The lowest BCUT2D eigenvalue weighted by molar-refractivity contribution is 0.675. The first-order chi connectivity index (χ1) is 10.3. The number of hydrogen-bond acceptors (Lipinski definition) is 2. The van der Waals surface area contributed by atoms with Crippen LogP contribution in [0.15, 0.2) is 48.5 Å². The van der Waals surface area contributed by atoms with E-state index in [2.05, 4.69) is 54.4 Å². The van der Waals surface area contributed by atoms with Crippen LogP contribution in [0.5, 0.6) is 0 Å². The second-order valence-corrected chi connectivity index (χ2v) is 5.40. The minimum Gasteiger partial charge on any atom is -0.341 e. The van der Waals surface area contributed by atoms with E-state index in [-0.39, 0.29) is 0 Å². The minimum absolute atomic E-state index is 0.798. The summed E-state index contributed by atoms with van der Waals surface area (Å²) in [5, 5.41) is 4.28. The quantitative estimate of drug-likeness (QED) is 0.724. The van der Waals surface area contributed by atoms with Crippen LogP contribution in [-0.2, 0) is 6.54 Å². The standard InChI is InChI=1S/C18H23ClN2/c1-3-13-20-14-16-17(19)11-8-12-18(16)21(4-2)15-9-6-5-7-10-15/h5-12,20H,3-4,13-14H2,1-2H3. The highest BCUT2D eigenvalue weighted by Crippen LogP contribution is 2.32. The molecule has 2 nitrogen and oxygen atoms in total. The van der Waals surface area contributed by atoms with Crippen molar-refractivity contribution in [2.75, 3.05) is 18.0 Å². The normalized spacial score (nSPS) is 10.6. The number of anilines is 2. The molecule has 112 valence electrons. The highest BCUT2D eigenvalue weighted by Gasteiger charge is 2.13. The Morgan fingerprint density at radius 1 is 1.00 bits per heavy atom. The topological polar surface area (TPSA) is 15.3 Å². The van der Waals surface area contributed by atoms with Crippen molar-refractivity contribution >= 4 is 23.0 Å². The molecule has 0 saturated carbocycles. The summed E-state index contributed by atoms with van der Waals surface area (Å²) >= 11 is 6.43. The fraction of sp³-hybridized carbons (Fsp3) is 0.333. The largest absolute Gasteiger partial charge is 0.341 e. The van der Waals surface area contributed by atoms with Gasteiger partial charge in [-0.15, -0.1) is 0 Å². The second-order valence-electron chi connectivity index (χ2n) is 4.99. The molecule has 2 aromatic rings. The Bertz CT molecular complexity index is 554. The monoisotopic (exact) mass is 302 g/mol. The molecular formula is C18H23ClN2. The zero-order valence-corrected chi connectivity index (χ0v) is 13.5. The van der Waals surface area contributed by atoms with Crippen molar-refractivity contribution in [3.63, 3.8) is 0 Å². The fourth-order valence-electron chi connectivity index (χ4n) is 2.47. The maximum atomic E-state index is 6.43. The van der Waals surface area contributed by atoms with E-state index in [1.54, 1.807) is 0 Å². The van der Waals surface area contributed by atoms with Gasteiger partial charge in [-0.3, -0.25) is 0 Å². The average Bonchev–Trinajstić information content (AvgIpc) is 2.52. The summed E-state index contributed by atoms with van der Waals surface area (Å²) in [6, 6.07) is 16.6. The van der Waals surface area contributed by atoms with Gasteiger partial charge in [0.2, 0.25) is 0 Å². The van der Waals surface area contributed by atoms with Crippen molar-refractivity contribution in [3.05, 3.63) is 59.1 Å². The summed E-state index contributed by atoms with van der Waals surface area (Å²) in [6.45, 7) is 7.04. The van der Waals surface area contributed by atoms with Crippen LogP contribution in [0.4, 0.5) is 11.4 Å². The van der Waals surface area contributed by atoms with Crippen LogP contribution >= 0.6 is 11.6 Å². The SMILES string of the molecule is CCCNCc1c(Cl)cccc1N(CC)c1ccccc1. The number of rotatable bonds is 7. The molecule has 0 unspecified atom stereocenters. The van der Waals surface area contributed by atoms with Crippen molar-refractivity contribution in [1.29, 1.82) is 0 Å². The van der Waals surface area contributed by atoms with E-state index in [4.69, 9.17) is 11.6 Å². The molecule has 2 rings (SSSR count). The number of hydrogen-bond donors (Lipinski definition) is 1. The highest BCUT2D eigenvalue weighted by molar-refractivity contribution is 6.31. The van der Waals surface area contributed by atoms with Crippen LogP contribution in [0.25, 0.3) is 0 Å². The molecule has 0 aliphatic carbocycles. The number of nitrogens with one attached hydrogen (secondary N) is 1. The smallest absolute Gasteiger partial charge is 0.0471 e. The first-order valence-corrected chi connectivity index (χ1v) is 7.96. The fourth-order valence-corrected chi connectivity index (χ4v) is 2.70. The van der Waals surface area contributed by atoms with Gasteiger partial charge in [0, 0.05) is 35.1 Å². The molecule has 0 aliphatic rings. The van der Waals surface area contributed by atoms with Gasteiger partial charge >= 0.3 is 0 Å². The molecule has 0 heterocycles. The van der Waals surface area contributed by atoms with E-state index < -0.39 is 0 Å². The van der Waals surface area contributed by atoms with Crippen molar-refractivity contribution < 1.29 is 0 Å². The van der Waals surface area contributed by atoms with Gasteiger partial charge < -0.3 is 10.2 Å². The van der Waals surface area contributed by atoms with Crippen LogP contribution in [0.2, 0.25) is 5.02 Å². The molecule has 2 aromatic carbocycles. The molecule has 21 heavy (non-hydrogen) atoms. The van der Waals surface area contributed by atoms with E-state index >= 15 is 0 Å². The zero-order chi connectivity index (χ0) is 15.1. The summed E-state index contributed by atoms with van der Waals surface area (Å²) < 4.78 is 0. The molecule has 0 aromatic heterocycles. The van der Waals surface area contributed by atoms with Crippen LogP contribution in [0.3, 0.4) is 0 Å². The van der Waals surface area contributed by atoms with Crippen LogP contribution in [0.1, 0.15) is 25.8 Å². The Hall–Kier alpha value is -1.51. The number of para-hydroxylation sites is 1. The van der Waals surface area contributed by atoms with Crippen molar-refractivity contribution in [2.24, 2.45) is 0 Å². The van der Waals surface area contributed by atoms with E-state index in [0.717, 1.165) is 31.1 Å². The molecule has 0 spiro atoms. The summed E-state index contributed by atoms with van der Waals surface area (Å²) in [7, 11) is 0. The van der Waals surface area contributed by atoms with Gasteiger partial charge in [0.05, 0.1) is 0 Å². The lowest BCUT2D eigenvalue weighted by Gasteiger charge is -2.26. The molecule has 0 bridgehead atoms. The molecule has 0 radical (unpaired) electrons. The van der Waals surface area contributed by atoms with Gasteiger partial charge in [-0.1, -0.05) is 42.8 Å². The molecule has 0 saturated heterocycles. The Labute approximate surface area is 132 Å². The van der Waals surface area contributed by atoms with E-state index in [0.29, 0.717) is 0 Å². The number of nitrogens with zero attached hydrogens (tertiary/aromatic N) is 1. The third kappa shape index (κ3) is 3.99. The summed E-state index contributed by atoms with van der Waals surface area (Å²) in [6.07, 6.45) is 1.12. The van der Waals surface area contributed by atoms with Gasteiger partial charge in [-0.05, 0) is 44.2 Å². The Morgan fingerprint density at radius 3 is 2.43 bits per heavy atom. The third-order valence-corrected chi connectivity index (χ3v) is 3.85. The molecule has 0 amide bonds. The predicted molar refractivity (Wildman–Crippen MR) is 92.6 cm³/mol. The Morgan fingerprint density at radius 2 is 1.76 bits per heavy atom. The van der Waals surface area contributed by atoms with Crippen LogP contribution in [0, 0.1) is 0 Å². The van der Waals surface area contributed by atoms with Gasteiger partial charge in [-0.2, -0.15) is 0 Å². The van der Waals surface area contributed by atoms with Gasteiger partial charge in [0.15, 0.2) is 0 Å². The molecule has 0 atom stereocenters. The maximum absolute atomic E-state index is 6.43. The zero-order valence-electron chi connectivity index (χ0n) is 12.8. The van der Waals surface area contributed by atoms with Crippen LogP contribution < -0.4 is 10.2 Å². The average molecular weight is 303 g/mol. The first kappa shape index (κ1) is 15.9. The number of benzene rings is 2. The van der Waals surface area contributed by atoms with E-state index in [1.807, 2.05) is 18.2 Å².